The summed E-state index contributed by atoms with van der Waals surface area (Å²) in [7, 11) is -4.03. The average Bonchev–Trinajstić information content (AvgIpc) is 2.99. The van der Waals surface area contributed by atoms with Gasteiger partial charge in [0.25, 0.3) is 0 Å². The van der Waals surface area contributed by atoms with Crippen LogP contribution in [0.3, 0.4) is 0 Å². The SMILES string of the molecule is O=C(O)C1CC2CCC1N2S(=O)(=O)c1cccc(Br)c1F. The van der Waals surface area contributed by atoms with Crippen molar-refractivity contribution in [2.45, 2.75) is 36.2 Å². The fraction of sp³-hybridized carbons (Fsp3) is 0.462. The molecule has 1 aromatic carbocycles. The quantitative estimate of drug-likeness (QED) is 0.875. The molecule has 3 unspecified atom stereocenters. The topological polar surface area (TPSA) is 74.7 Å². The van der Waals surface area contributed by atoms with Gasteiger partial charge >= 0.3 is 5.97 Å². The largest absolute Gasteiger partial charge is 0.481 e. The predicted octanol–water partition coefficient (Wildman–Crippen LogP) is 2.21. The first-order valence-corrected chi connectivity index (χ1v) is 8.77. The number of benzene rings is 1. The monoisotopic (exact) mass is 377 g/mol. The summed E-state index contributed by atoms with van der Waals surface area (Å²) in [4.78, 5) is 10.8. The first kappa shape index (κ1) is 14.9. The summed E-state index contributed by atoms with van der Waals surface area (Å²) in [6.45, 7) is 0. The zero-order valence-electron chi connectivity index (χ0n) is 10.9. The molecule has 8 heteroatoms. The minimum absolute atomic E-state index is 0.0740. The molecule has 0 amide bonds. The van der Waals surface area contributed by atoms with Crippen LogP contribution in [0.4, 0.5) is 4.39 Å². The summed E-state index contributed by atoms with van der Waals surface area (Å²) in [6.07, 6.45) is 1.44. The van der Waals surface area contributed by atoms with E-state index >= 15 is 0 Å². The first-order valence-electron chi connectivity index (χ1n) is 6.54. The Labute approximate surface area is 129 Å². The van der Waals surface area contributed by atoms with E-state index in [1.54, 1.807) is 0 Å². The molecule has 0 radical (unpaired) electrons. The van der Waals surface area contributed by atoms with Crippen LogP contribution >= 0.6 is 15.9 Å². The molecule has 2 fully saturated rings. The molecule has 0 saturated carbocycles. The number of sulfonamides is 1. The molecule has 114 valence electrons. The normalized spacial score (nSPS) is 29.0. The van der Waals surface area contributed by atoms with E-state index in [9.17, 15) is 22.7 Å². The zero-order valence-corrected chi connectivity index (χ0v) is 13.3. The van der Waals surface area contributed by atoms with E-state index in [1.165, 1.54) is 22.5 Å². The third-order valence-electron chi connectivity index (χ3n) is 4.26. The molecule has 5 nitrogen and oxygen atoms in total. The second-order valence-electron chi connectivity index (χ2n) is 5.37. The molecule has 21 heavy (non-hydrogen) atoms. The van der Waals surface area contributed by atoms with Crippen molar-refractivity contribution < 1.29 is 22.7 Å². The van der Waals surface area contributed by atoms with Crippen molar-refractivity contribution >= 4 is 31.9 Å². The Morgan fingerprint density at radius 2 is 2.10 bits per heavy atom. The Morgan fingerprint density at radius 3 is 2.71 bits per heavy atom. The fourth-order valence-corrected chi connectivity index (χ4v) is 5.88. The highest BCUT2D eigenvalue weighted by Gasteiger charge is 2.54. The Morgan fingerprint density at radius 1 is 1.38 bits per heavy atom. The standard InChI is InChI=1S/C13H13BrFNO4S/c14-9-2-1-3-11(12(9)15)21(19,20)16-7-4-5-10(16)8(6-7)13(17)18/h1-3,7-8,10H,4-6H2,(H,17,18). The maximum atomic E-state index is 14.1. The molecule has 1 aromatic rings. The summed E-state index contributed by atoms with van der Waals surface area (Å²) in [5.74, 6) is -2.53. The van der Waals surface area contributed by atoms with E-state index < -0.39 is 38.7 Å². The molecule has 3 atom stereocenters. The first-order chi connectivity index (χ1) is 9.84. The Kier molecular flexibility index (Phi) is 3.58. The van der Waals surface area contributed by atoms with Crippen molar-refractivity contribution in [3.63, 3.8) is 0 Å². The Bertz CT molecular complexity index is 708. The molecule has 0 aromatic heterocycles. The van der Waals surface area contributed by atoms with Crippen LogP contribution in [0.1, 0.15) is 19.3 Å². The van der Waals surface area contributed by atoms with E-state index in [2.05, 4.69) is 15.9 Å². The summed E-state index contributed by atoms with van der Waals surface area (Å²) < 4.78 is 40.8. The van der Waals surface area contributed by atoms with Crippen LogP contribution in [0.2, 0.25) is 0 Å². The predicted molar refractivity (Wildman–Crippen MR) is 75.7 cm³/mol. The van der Waals surface area contributed by atoms with Crippen molar-refractivity contribution in [2.75, 3.05) is 0 Å². The minimum atomic E-state index is -4.03. The lowest BCUT2D eigenvalue weighted by atomic mass is 9.89. The van der Waals surface area contributed by atoms with Crippen LogP contribution in [0.15, 0.2) is 27.6 Å². The maximum Gasteiger partial charge on any atom is 0.308 e. The van der Waals surface area contributed by atoms with Crippen molar-refractivity contribution in [3.05, 3.63) is 28.5 Å². The second kappa shape index (κ2) is 5.03. The van der Waals surface area contributed by atoms with E-state index in [-0.39, 0.29) is 10.5 Å². The van der Waals surface area contributed by atoms with E-state index in [1.807, 2.05) is 0 Å². The van der Waals surface area contributed by atoms with Crippen LogP contribution in [0.25, 0.3) is 0 Å². The van der Waals surface area contributed by atoms with Gasteiger partial charge in [0.15, 0.2) is 5.82 Å². The van der Waals surface area contributed by atoms with Gasteiger partial charge in [0.2, 0.25) is 10.0 Å². The number of carboxylic acids is 1. The molecule has 2 aliphatic heterocycles. The number of hydrogen-bond donors (Lipinski definition) is 1. The van der Waals surface area contributed by atoms with E-state index in [0.29, 0.717) is 19.3 Å². The molecule has 2 bridgehead atoms. The molecular weight excluding hydrogens is 365 g/mol. The maximum absolute atomic E-state index is 14.1. The van der Waals surface area contributed by atoms with Crippen molar-refractivity contribution in [2.24, 2.45) is 5.92 Å². The molecule has 0 spiro atoms. The van der Waals surface area contributed by atoms with Crippen LogP contribution in [-0.4, -0.2) is 35.9 Å². The number of hydrogen-bond acceptors (Lipinski definition) is 3. The van der Waals surface area contributed by atoms with Crippen LogP contribution < -0.4 is 0 Å². The van der Waals surface area contributed by atoms with Gasteiger partial charge in [0.05, 0.1) is 10.4 Å². The van der Waals surface area contributed by atoms with Gasteiger partial charge in [-0.2, -0.15) is 4.31 Å². The Balaban J connectivity index is 2.04. The Hall–Kier alpha value is -0.990. The fourth-order valence-electron chi connectivity index (χ4n) is 3.38. The highest BCUT2D eigenvalue weighted by atomic mass is 79.9. The van der Waals surface area contributed by atoms with Crippen molar-refractivity contribution in [1.82, 2.24) is 4.31 Å². The van der Waals surface area contributed by atoms with E-state index in [0.717, 1.165) is 0 Å². The van der Waals surface area contributed by atoms with E-state index in [4.69, 9.17) is 0 Å². The summed E-state index contributed by atoms with van der Waals surface area (Å²) in [5.41, 5.74) is 0. The van der Waals surface area contributed by atoms with Gasteiger partial charge in [0, 0.05) is 12.1 Å². The molecule has 2 heterocycles. The molecule has 3 rings (SSSR count). The third kappa shape index (κ3) is 2.20. The number of rotatable bonds is 3. The molecule has 2 aliphatic rings. The van der Waals surface area contributed by atoms with Gasteiger partial charge in [0.1, 0.15) is 4.90 Å². The van der Waals surface area contributed by atoms with Gasteiger partial charge in [-0.3, -0.25) is 4.79 Å². The number of aliphatic carboxylic acids is 1. The lowest BCUT2D eigenvalue weighted by Crippen LogP contribution is -2.38. The van der Waals surface area contributed by atoms with Gasteiger partial charge in [-0.1, -0.05) is 6.07 Å². The minimum Gasteiger partial charge on any atom is -0.481 e. The van der Waals surface area contributed by atoms with Crippen LogP contribution in [0, 0.1) is 11.7 Å². The molecule has 1 N–H and O–H groups in total. The van der Waals surface area contributed by atoms with Crippen LogP contribution in [0.5, 0.6) is 0 Å². The summed E-state index contributed by atoms with van der Waals surface area (Å²) in [6, 6.07) is 3.17. The molecule has 2 saturated heterocycles. The smallest absolute Gasteiger partial charge is 0.308 e. The van der Waals surface area contributed by atoms with Gasteiger partial charge in [-0.05, 0) is 47.3 Å². The number of carboxylic acid groups (broad SMARTS) is 1. The van der Waals surface area contributed by atoms with Gasteiger partial charge in [-0.15, -0.1) is 0 Å². The zero-order chi connectivity index (χ0) is 15.4. The second-order valence-corrected chi connectivity index (χ2v) is 8.03. The van der Waals surface area contributed by atoms with Crippen molar-refractivity contribution in [3.8, 4) is 0 Å². The van der Waals surface area contributed by atoms with Crippen molar-refractivity contribution in [1.29, 1.82) is 0 Å². The average molecular weight is 378 g/mol. The number of nitrogens with zero attached hydrogens (tertiary/aromatic N) is 1. The lowest BCUT2D eigenvalue weighted by molar-refractivity contribution is -0.142. The van der Waals surface area contributed by atoms with Crippen LogP contribution in [-0.2, 0) is 14.8 Å². The number of carbonyl (C=O) groups is 1. The van der Waals surface area contributed by atoms with Gasteiger partial charge < -0.3 is 5.11 Å². The highest BCUT2D eigenvalue weighted by molar-refractivity contribution is 9.10. The molecule has 0 aliphatic carbocycles. The third-order valence-corrected chi connectivity index (χ3v) is 6.87. The highest BCUT2D eigenvalue weighted by Crippen LogP contribution is 2.45. The lowest BCUT2D eigenvalue weighted by Gasteiger charge is -2.22. The van der Waals surface area contributed by atoms with Gasteiger partial charge in [-0.25, -0.2) is 12.8 Å². The summed E-state index contributed by atoms with van der Waals surface area (Å²) in [5, 5.41) is 9.19. The number of fused-ring (bicyclic) bond motifs is 2. The number of halogens is 2. The molecular formula is C13H13BrFNO4S. The summed E-state index contributed by atoms with van der Waals surface area (Å²) >= 11 is 2.98.